The third-order valence-electron chi connectivity index (χ3n) is 4.31. The summed E-state index contributed by atoms with van der Waals surface area (Å²) < 4.78 is 27.8. The lowest BCUT2D eigenvalue weighted by Crippen LogP contribution is -2.48. The molecule has 1 saturated heterocycles. The van der Waals surface area contributed by atoms with Gasteiger partial charge in [0, 0.05) is 37.2 Å². The number of benzene rings is 2. The normalized spacial score (nSPS) is 17.1. The molecule has 0 N–H and O–H groups in total. The summed E-state index contributed by atoms with van der Waals surface area (Å²) in [6, 6.07) is 15.5. The highest BCUT2D eigenvalue weighted by Gasteiger charge is 2.29. The van der Waals surface area contributed by atoms with E-state index in [2.05, 4.69) is 52.0 Å². The lowest BCUT2D eigenvalue weighted by atomic mass is 10.1. The summed E-state index contributed by atoms with van der Waals surface area (Å²) in [6.45, 7) is 5.48. The molecule has 128 valence electrons. The highest BCUT2D eigenvalue weighted by atomic mass is 79.9. The average Bonchev–Trinajstić information content (AvgIpc) is 2.58. The van der Waals surface area contributed by atoms with Crippen LogP contribution in [-0.4, -0.2) is 43.8 Å². The molecule has 3 rings (SSSR count). The minimum atomic E-state index is -3.43. The van der Waals surface area contributed by atoms with Crippen molar-refractivity contribution in [2.75, 3.05) is 26.2 Å². The summed E-state index contributed by atoms with van der Waals surface area (Å²) in [6.07, 6.45) is 0. The van der Waals surface area contributed by atoms with Gasteiger partial charge in [-0.2, -0.15) is 4.31 Å². The number of rotatable bonds is 4. The van der Waals surface area contributed by atoms with E-state index in [1.165, 1.54) is 11.1 Å². The number of piperazine rings is 1. The maximum absolute atomic E-state index is 12.8. The summed E-state index contributed by atoms with van der Waals surface area (Å²) >= 11 is 3.34. The zero-order chi connectivity index (χ0) is 17.2. The lowest BCUT2D eigenvalue weighted by molar-refractivity contribution is 0.181. The van der Waals surface area contributed by atoms with Gasteiger partial charge >= 0.3 is 0 Å². The van der Waals surface area contributed by atoms with E-state index >= 15 is 0 Å². The molecule has 2 aromatic rings. The molecule has 0 amide bonds. The summed E-state index contributed by atoms with van der Waals surface area (Å²) in [5.41, 5.74) is 2.52. The molecule has 0 atom stereocenters. The van der Waals surface area contributed by atoms with E-state index < -0.39 is 10.0 Å². The molecule has 0 bridgehead atoms. The zero-order valence-electron chi connectivity index (χ0n) is 13.7. The highest BCUT2D eigenvalue weighted by Crippen LogP contribution is 2.25. The van der Waals surface area contributed by atoms with E-state index in [0.717, 1.165) is 19.6 Å². The molecule has 4 nitrogen and oxygen atoms in total. The molecule has 1 heterocycles. The van der Waals surface area contributed by atoms with Gasteiger partial charge in [-0.15, -0.1) is 0 Å². The van der Waals surface area contributed by atoms with Crippen LogP contribution in [0.2, 0.25) is 0 Å². The van der Waals surface area contributed by atoms with Gasteiger partial charge in [0.25, 0.3) is 0 Å². The molecule has 0 saturated carbocycles. The Morgan fingerprint density at radius 1 is 0.958 bits per heavy atom. The van der Waals surface area contributed by atoms with E-state index in [-0.39, 0.29) is 0 Å². The van der Waals surface area contributed by atoms with Crippen molar-refractivity contribution in [2.45, 2.75) is 18.4 Å². The molecule has 6 heteroatoms. The Labute approximate surface area is 152 Å². The minimum absolute atomic E-state index is 0.344. The first kappa shape index (κ1) is 17.6. The van der Waals surface area contributed by atoms with Crippen LogP contribution in [0.25, 0.3) is 0 Å². The van der Waals surface area contributed by atoms with Crippen LogP contribution in [-0.2, 0) is 16.6 Å². The molecule has 1 aliphatic rings. The Morgan fingerprint density at radius 3 is 2.21 bits per heavy atom. The van der Waals surface area contributed by atoms with Gasteiger partial charge < -0.3 is 0 Å². The first-order chi connectivity index (χ1) is 11.5. The van der Waals surface area contributed by atoms with Gasteiger partial charge in [0.15, 0.2) is 0 Å². The summed E-state index contributed by atoms with van der Waals surface area (Å²) in [7, 11) is -3.43. The number of hydrogen-bond acceptors (Lipinski definition) is 3. The minimum Gasteiger partial charge on any atom is -0.296 e. The van der Waals surface area contributed by atoms with Crippen LogP contribution in [0.5, 0.6) is 0 Å². The Bertz CT molecular complexity index is 798. The third-order valence-corrected chi connectivity index (χ3v) is 7.22. The Balaban J connectivity index is 1.64. The Hall–Kier alpha value is -1.21. The topological polar surface area (TPSA) is 40.6 Å². The first-order valence-electron chi connectivity index (χ1n) is 7.99. The van der Waals surface area contributed by atoms with Gasteiger partial charge in [0.05, 0.1) is 4.90 Å². The van der Waals surface area contributed by atoms with Crippen LogP contribution in [0.1, 0.15) is 11.1 Å². The largest absolute Gasteiger partial charge is 0.296 e. The third kappa shape index (κ3) is 3.88. The van der Waals surface area contributed by atoms with Gasteiger partial charge in [-0.05, 0) is 40.5 Å². The molecule has 1 aliphatic heterocycles. The quantitative estimate of drug-likeness (QED) is 0.779. The van der Waals surface area contributed by atoms with Crippen LogP contribution in [0.15, 0.2) is 57.9 Å². The zero-order valence-corrected chi connectivity index (χ0v) is 16.1. The van der Waals surface area contributed by atoms with Crippen LogP contribution >= 0.6 is 15.9 Å². The van der Waals surface area contributed by atoms with Crippen molar-refractivity contribution in [1.29, 1.82) is 0 Å². The molecule has 24 heavy (non-hydrogen) atoms. The molecule has 0 aliphatic carbocycles. The highest BCUT2D eigenvalue weighted by molar-refractivity contribution is 9.10. The molecule has 0 aromatic heterocycles. The van der Waals surface area contributed by atoms with Gasteiger partial charge in [0.1, 0.15) is 0 Å². The molecular formula is C18H21BrN2O2S. The number of halogens is 1. The summed E-state index contributed by atoms with van der Waals surface area (Å²) in [5, 5.41) is 0. The SMILES string of the molecule is Cc1ccc(CN2CCN(S(=O)(=O)c3ccccc3Br)CC2)cc1. The van der Waals surface area contributed by atoms with E-state index in [1.807, 2.05) is 6.07 Å². The van der Waals surface area contributed by atoms with Gasteiger partial charge in [-0.3, -0.25) is 4.90 Å². The van der Waals surface area contributed by atoms with E-state index in [9.17, 15) is 8.42 Å². The van der Waals surface area contributed by atoms with Gasteiger partial charge in [-0.1, -0.05) is 42.0 Å². The molecule has 0 unspecified atom stereocenters. The molecule has 2 aromatic carbocycles. The smallest absolute Gasteiger partial charge is 0.244 e. The van der Waals surface area contributed by atoms with Crippen LogP contribution in [0.3, 0.4) is 0 Å². The van der Waals surface area contributed by atoms with Crippen molar-refractivity contribution >= 4 is 26.0 Å². The first-order valence-corrected chi connectivity index (χ1v) is 10.2. The molecular weight excluding hydrogens is 388 g/mol. The fourth-order valence-corrected chi connectivity index (χ4v) is 5.26. The summed E-state index contributed by atoms with van der Waals surface area (Å²) in [5.74, 6) is 0. The second kappa shape index (κ2) is 7.35. The van der Waals surface area contributed by atoms with E-state index in [0.29, 0.717) is 22.5 Å². The number of sulfonamides is 1. The van der Waals surface area contributed by atoms with Gasteiger partial charge in [-0.25, -0.2) is 8.42 Å². The molecule has 1 fully saturated rings. The van der Waals surface area contributed by atoms with E-state index in [4.69, 9.17) is 0 Å². The fraction of sp³-hybridized carbons (Fsp3) is 0.333. The predicted molar refractivity (Wildman–Crippen MR) is 99.4 cm³/mol. The number of nitrogens with zero attached hydrogens (tertiary/aromatic N) is 2. The fourth-order valence-electron chi connectivity index (χ4n) is 2.87. The number of hydrogen-bond donors (Lipinski definition) is 0. The summed E-state index contributed by atoms with van der Waals surface area (Å²) in [4.78, 5) is 2.65. The standard InChI is InChI=1S/C18H21BrN2O2S/c1-15-6-8-16(9-7-15)14-20-10-12-21(13-11-20)24(22,23)18-5-3-2-4-17(18)19/h2-9H,10-14H2,1H3. The second-order valence-corrected chi connectivity index (χ2v) is 8.86. The van der Waals surface area contributed by atoms with Crippen molar-refractivity contribution in [3.63, 3.8) is 0 Å². The van der Waals surface area contributed by atoms with Crippen molar-refractivity contribution in [1.82, 2.24) is 9.21 Å². The Kier molecular flexibility index (Phi) is 5.39. The monoisotopic (exact) mass is 408 g/mol. The van der Waals surface area contributed by atoms with Crippen LogP contribution < -0.4 is 0 Å². The van der Waals surface area contributed by atoms with Crippen molar-refractivity contribution < 1.29 is 8.42 Å². The van der Waals surface area contributed by atoms with Crippen LogP contribution in [0.4, 0.5) is 0 Å². The van der Waals surface area contributed by atoms with Crippen molar-refractivity contribution in [2.24, 2.45) is 0 Å². The van der Waals surface area contributed by atoms with Gasteiger partial charge in [0.2, 0.25) is 10.0 Å². The number of aryl methyl sites for hydroxylation is 1. The Morgan fingerprint density at radius 2 is 1.58 bits per heavy atom. The van der Waals surface area contributed by atoms with Crippen LogP contribution in [0, 0.1) is 6.92 Å². The van der Waals surface area contributed by atoms with E-state index in [1.54, 1.807) is 22.5 Å². The maximum Gasteiger partial charge on any atom is 0.244 e. The molecule has 0 spiro atoms. The predicted octanol–water partition coefficient (Wildman–Crippen LogP) is 3.26. The van der Waals surface area contributed by atoms with Crippen molar-refractivity contribution in [3.8, 4) is 0 Å². The maximum atomic E-state index is 12.8. The van der Waals surface area contributed by atoms with Crippen molar-refractivity contribution in [3.05, 3.63) is 64.1 Å². The average molecular weight is 409 g/mol. The second-order valence-electron chi connectivity index (χ2n) is 6.10. The molecule has 0 radical (unpaired) electrons. The lowest BCUT2D eigenvalue weighted by Gasteiger charge is -2.34.